The minimum atomic E-state index is -4.00. The van der Waals surface area contributed by atoms with E-state index in [-0.39, 0.29) is 22.8 Å². The summed E-state index contributed by atoms with van der Waals surface area (Å²) in [4.78, 5) is 38.3. The number of hydrogen-bond acceptors (Lipinski definition) is 6. The molecule has 3 rings (SSSR count). The fraction of sp³-hybridized carbons (Fsp3) is 0.261. The van der Waals surface area contributed by atoms with Crippen LogP contribution in [0.2, 0.25) is 0 Å². The number of carbonyl (C=O) groups is 3. The Kier molecular flexibility index (Phi) is 8.06. The van der Waals surface area contributed by atoms with Crippen LogP contribution in [0.3, 0.4) is 0 Å². The van der Waals surface area contributed by atoms with Gasteiger partial charge in [-0.15, -0.1) is 11.6 Å². The van der Waals surface area contributed by atoms with Gasteiger partial charge in [0.1, 0.15) is 11.4 Å². The van der Waals surface area contributed by atoms with Crippen molar-refractivity contribution in [1.29, 1.82) is 0 Å². The first-order chi connectivity index (χ1) is 16.0. The zero-order valence-electron chi connectivity index (χ0n) is 18.2. The summed E-state index contributed by atoms with van der Waals surface area (Å²) < 4.78 is 26.1. The van der Waals surface area contributed by atoms with Crippen molar-refractivity contribution in [2.45, 2.75) is 35.7 Å². The predicted octanol–water partition coefficient (Wildman–Crippen LogP) is 2.56. The zero-order valence-corrected chi connectivity index (χ0v) is 20.6. The van der Waals surface area contributed by atoms with E-state index in [4.69, 9.17) is 11.6 Å². The van der Waals surface area contributed by atoms with E-state index in [9.17, 15) is 27.9 Å². The van der Waals surface area contributed by atoms with E-state index in [0.717, 1.165) is 10.5 Å². The molecule has 2 amide bonds. The third-order valence-corrected chi connectivity index (χ3v) is 9.28. The predicted molar refractivity (Wildman–Crippen MR) is 130 cm³/mol. The molecule has 0 spiro atoms. The molecule has 1 saturated heterocycles. The molecular weight excluding hydrogens is 500 g/mol. The lowest BCUT2D eigenvalue weighted by molar-refractivity contribution is -0.159. The van der Waals surface area contributed by atoms with Crippen molar-refractivity contribution in [3.8, 4) is 0 Å². The van der Waals surface area contributed by atoms with Crippen LogP contribution in [0.1, 0.15) is 11.1 Å². The Morgan fingerprint density at radius 1 is 1.18 bits per heavy atom. The number of hydrogen-bond donors (Lipinski definition) is 2. The highest BCUT2D eigenvalue weighted by Crippen LogP contribution is 2.39. The number of aliphatic carboxylic acids is 1. The summed E-state index contributed by atoms with van der Waals surface area (Å²) >= 11 is 5.77. The van der Waals surface area contributed by atoms with Crippen LogP contribution in [-0.2, 0) is 29.7 Å². The number of carboxylic acid groups (broad SMARTS) is 1. The molecule has 180 valence electrons. The Balaban J connectivity index is 1.89. The topological polar surface area (TPSA) is 121 Å². The summed E-state index contributed by atoms with van der Waals surface area (Å²) in [5.41, 5.74) is 1.59. The van der Waals surface area contributed by atoms with E-state index >= 15 is 0 Å². The van der Waals surface area contributed by atoms with Gasteiger partial charge in [-0.05, 0) is 30.2 Å². The molecule has 1 fully saturated rings. The molecule has 3 atom stereocenters. The highest BCUT2D eigenvalue weighted by molar-refractivity contribution is 8.72. The number of carboxylic acids is 1. The minimum absolute atomic E-state index is 0.000180. The van der Waals surface area contributed by atoms with E-state index in [1.165, 1.54) is 12.1 Å². The van der Waals surface area contributed by atoms with Crippen molar-refractivity contribution >= 4 is 49.0 Å². The molecule has 0 bridgehead atoms. The quantitative estimate of drug-likeness (QED) is 0.213. The average Bonchev–Trinajstić information content (AvgIpc) is 2.80. The van der Waals surface area contributed by atoms with Crippen LogP contribution >= 0.6 is 22.4 Å². The second-order valence-electron chi connectivity index (χ2n) is 7.74. The molecule has 2 aromatic rings. The van der Waals surface area contributed by atoms with Gasteiger partial charge < -0.3 is 15.3 Å². The number of nitrogens with zero attached hydrogens (tertiary/aromatic N) is 1. The number of amides is 2. The number of likely N-dealkylation sites (tertiary alicyclic amines) is 1. The third-order valence-electron chi connectivity index (χ3n) is 5.21. The summed E-state index contributed by atoms with van der Waals surface area (Å²) in [5.74, 6) is -2.86. The van der Waals surface area contributed by atoms with E-state index in [1.807, 2.05) is 6.92 Å². The van der Waals surface area contributed by atoms with Gasteiger partial charge in [-0.1, -0.05) is 54.6 Å². The molecule has 2 aromatic carbocycles. The Labute approximate surface area is 206 Å². The Morgan fingerprint density at radius 3 is 2.35 bits per heavy atom. The summed E-state index contributed by atoms with van der Waals surface area (Å²) in [6.07, 6.45) is -0.0243. The van der Waals surface area contributed by atoms with E-state index in [0.29, 0.717) is 16.4 Å². The Hall–Kier alpha value is -2.82. The number of β-lactam (4-membered cyclic amide) rings is 1. The highest BCUT2D eigenvalue weighted by atomic mass is 35.5. The van der Waals surface area contributed by atoms with Crippen molar-refractivity contribution in [1.82, 2.24) is 10.2 Å². The molecule has 8 nitrogen and oxygen atoms in total. The van der Waals surface area contributed by atoms with Gasteiger partial charge >= 0.3 is 5.97 Å². The van der Waals surface area contributed by atoms with Gasteiger partial charge in [0.25, 0.3) is 0 Å². The summed E-state index contributed by atoms with van der Waals surface area (Å²) in [6, 6.07) is 12.2. The van der Waals surface area contributed by atoms with Crippen LogP contribution in [0.5, 0.6) is 0 Å². The van der Waals surface area contributed by atoms with Gasteiger partial charge in [0, 0.05) is 16.7 Å². The van der Waals surface area contributed by atoms with Crippen LogP contribution in [0, 0.1) is 6.92 Å². The molecule has 34 heavy (non-hydrogen) atoms. The van der Waals surface area contributed by atoms with Crippen LogP contribution in [-0.4, -0.2) is 59.5 Å². The van der Waals surface area contributed by atoms with Gasteiger partial charge in [0.15, 0.2) is 6.04 Å². The molecule has 1 aliphatic rings. The summed E-state index contributed by atoms with van der Waals surface area (Å²) in [6.45, 7) is 5.43. The van der Waals surface area contributed by atoms with Crippen molar-refractivity contribution in [3.05, 3.63) is 77.9 Å². The molecule has 1 aliphatic heterocycles. The van der Waals surface area contributed by atoms with Crippen LogP contribution < -0.4 is 5.32 Å². The van der Waals surface area contributed by atoms with Crippen molar-refractivity contribution in [3.63, 3.8) is 0 Å². The van der Waals surface area contributed by atoms with E-state index in [2.05, 4.69) is 11.9 Å². The Morgan fingerprint density at radius 2 is 1.79 bits per heavy atom. The van der Waals surface area contributed by atoms with Gasteiger partial charge in [0.05, 0.1) is 11.3 Å². The summed E-state index contributed by atoms with van der Waals surface area (Å²) in [7, 11) is -3.59. The standard InChI is InChI=1S/C23H23ClN2O6S2/c1-14-8-10-17(11-9-14)34(31,32)33-22-19(25-18(27)12-16-6-4-3-5-7-16)21(28)26(22)20(23(29)30)15(2)13-24/h3-11,19-20,22H,2,12-13H2,1H3,(H,25,27)(H,29,30). The lowest BCUT2D eigenvalue weighted by atomic mass is 9.99. The molecular formula is C23H23ClN2O6S2. The number of carbonyl (C=O) groups excluding carboxylic acids is 2. The first-order valence-corrected chi connectivity index (χ1v) is 13.6. The van der Waals surface area contributed by atoms with E-state index < -0.39 is 44.1 Å². The van der Waals surface area contributed by atoms with Crippen molar-refractivity contribution in [2.24, 2.45) is 0 Å². The second-order valence-corrected chi connectivity index (χ2v) is 12.0. The lowest BCUT2D eigenvalue weighted by Gasteiger charge is -2.48. The van der Waals surface area contributed by atoms with Gasteiger partial charge in [0.2, 0.25) is 20.7 Å². The maximum Gasteiger partial charge on any atom is 0.330 e. The lowest BCUT2D eigenvalue weighted by Crippen LogP contribution is -2.73. The largest absolute Gasteiger partial charge is 0.479 e. The van der Waals surface area contributed by atoms with Crippen molar-refractivity contribution in [2.75, 3.05) is 5.88 Å². The highest BCUT2D eigenvalue weighted by Gasteiger charge is 2.55. The van der Waals surface area contributed by atoms with Gasteiger partial charge in [-0.3, -0.25) is 9.59 Å². The number of rotatable bonds is 10. The smallest absolute Gasteiger partial charge is 0.330 e. The second kappa shape index (κ2) is 10.6. The fourth-order valence-corrected chi connectivity index (χ4v) is 7.11. The molecule has 11 heteroatoms. The van der Waals surface area contributed by atoms with Crippen LogP contribution in [0.15, 0.2) is 71.6 Å². The van der Waals surface area contributed by atoms with Crippen LogP contribution in [0.25, 0.3) is 0 Å². The normalized spacial score (nSPS) is 18.6. The monoisotopic (exact) mass is 522 g/mol. The molecule has 0 aliphatic carbocycles. The first kappa shape index (κ1) is 25.8. The molecule has 1 heterocycles. The van der Waals surface area contributed by atoms with Crippen LogP contribution in [0.4, 0.5) is 0 Å². The number of nitrogens with one attached hydrogen (secondary N) is 1. The van der Waals surface area contributed by atoms with E-state index in [1.54, 1.807) is 42.5 Å². The van der Waals surface area contributed by atoms with Gasteiger partial charge in [-0.2, -0.15) is 0 Å². The molecule has 0 saturated carbocycles. The third kappa shape index (κ3) is 5.63. The number of benzene rings is 2. The maximum atomic E-state index is 13.1. The SMILES string of the molecule is C=C(CCl)C(C(=O)O)N1C(=O)C(NC(=O)Cc2ccccc2)C1SS(=O)(=O)c1ccc(C)cc1. The number of aryl methyl sites for hydroxylation is 1. The Bertz CT molecular complexity index is 1200. The van der Waals surface area contributed by atoms with Gasteiger partial charge in [-0.25, -0.2) is 13.2 Å². The number of halogens is 1. The average molecular weight is 523 g/mol. The minimum Gasteiger partial charge on any atom is -0.479 e. The fourth-order valence-electron chi connectivity index (χ4n) is 3.45. The first-order valence-electron chi connectivity index (χ1n) is 10.2. The maximum absolute atomic E-state index is 13.1. The zero-order chi connectivity index (χ0) is 25.0. The molecule has 3 unspecified atom stereocenters. The molecule has 0 radical (unpaired) electrons. The molecule has 2 N–H and O–H groups in total. The number of alkyl halides is 1. The summed E-state index contributed by atoms with van der Waals surface area (Å²) in [5, 5.41) is 11.1. The van der Waals surface area contributed by atoms with Crippen molar-refractivity contribution < 1.29 is 27.9 Å². The molecule has 0 aromatic heterocycles.